The quantitative estimate of drug-likeness (QED) is 0.452. The highest BCUT2D eigenvalue weighted by atomic mass is 19.1. The fourth-order valence-electron chi connectivity index (χ4n) is 1.27. The number of benzene rings is 1. The van der Waals surface area contributed by atoms with Crippen molar-refractivity contribution in [3.05, 3.63) is 29.6 Å². The zero-order valence-electron chi connectivity index (χ0n) is 6.59. The molecule has 13 heavy (non-hydrogen) atoms. The second kappa shape index (κ2) is 2.80. The highest BCUT2D eigenvalue weighted by Gasteiger charge is 2.29. The van der Waals surface area contributed by atoms with Gasteiger partial charge < -0.3 is 4.74 Å². The molecular formula is C9H6F2O2. The van der Waals surface area contributed by atoms with E-state index in [0.29, 0.717) is 5.56 Å². The van der Waals surface area contributed by atoms with E-state index in [4.69, 9.17) is 0 Å². The molecule has 1 unspecified atom stereocenters. The van der Waals surface area contributed by atoms with Gasteiger partial charge in [-0.25, -0.2) is 13.6 Å². The Labute approximate surface area is 73.1 Å². The van der Waals surface area contributed by atoms with E-state index in [1.807, 2.05) is 0 Å². The van der Waals surface area contributed by atoms with Crippen molar-refractivity contribution in [3.63, 3.8) is 0 Å². The van der Waals surface area contributed by atoms with Crippen molar-refractivity contribution in [2.45, 2.75) is 12.6 Å². The standard InChI is InChI=1S/C9H6F2O2/c10-6-3-1-2-5-4-7(11)9(12)13-8(5)6/h1-3,7H,4H2. The molecule has 0 fully saturated rings. The van der Waals surface area contributed by atoms with E-state index in [1.165, 1.54) is 18.2 Å². The van der Waals surface area contributed by atoms with Crippen LogP contribution in [-0.2, 0) is 11.2 Å². The summed E-state index contributed by atoms with van der Waals surface area (Å²) in [7, 11) is 0. The Bertz CT molecular complexity index is 363. The first-order valence-electron chi connectivity index (χ1n) is 3.81. The van der Waals surface area contributed by atoms with Gasteiger partial charge in [-0.1, -0.05) is 12.1 Å². The van der Waals surface area contributed by atoms with Crippen LogP contribution in [0.25, 0.3) is 0 Å². The molecule has 0 amide bonds. The number of fused-ring (bicyclic) bond motifs is 1. The van der Waals surface area contributed by atoms with E-state index in [2.05, 4.69) is 4.74 Å². The summed E-state index contributed by atoms with van der Waals surface area (Å²) in [6.45, 7) is 0. The fraction of sp³-hybridized carbons (Fsp3) is 0.222. The number of halogens is 2. The van der Waals surface area contributed by atoms with Crippen molar-refractivity contribution in [2.24, 2.45) is 0 Å². The molecule has 0 bridgehead atoms. The average Bonchev–Trinajstić information content (AvgIpc) is 2.09. The Kier molecular flexibility index (Phi) is 1.76. The van der Waals surface area contributed by atoms with Gasteiger partial charge in [0.2, 0.25) is 6.17 Å². The predicted molar refractivity (Wildman–Crippen MR) is 40.6 cm³/mol. The van der Waals surface area contributed by atoms with Crippen LogP contribution in [0.4, 0.5) is 8.78 Å². The van der Waals surface area contributed by atoms with Crippen LogP contribution in [0.15, 0.2) is 18.2 Å². The van der Waals surface area contributed by atoms with Gasteiger partial charge in [0.1, 0.15) is 0 Å². The first kappa shape index (κ1) is 8.16. The van der Waals surface area contributed by atoms with E-state index < -0.39 is 18.0 Å². The van der Waals surface area contributed by atoms with Gasteiger partial charge in [-0.2, -0.15) is 0 Å². The largest absolute Gasteiger partial charge is 0.421 e. The highest BCUT2D eigenvalue weighted by Crippen LogP contribution is 2.28. The van der Waals surface area contributed by atoms with Crippen LogP contribution in [-0.4, -0.2) is 12.1 Å². The van der Waals surface area contributed by atoms with Gasteiger partial charge >= 0.3 is 5.97 Å². The molecule has 1 aliphatic heterocycles. The lowest BCUT2D eigenvalue weighted by atomic mass is 10.0. The van der Waals surface area contributed by atoms with E-state index in [9.17, 15) is 13.6 Å². The minimum atomic E-state index is -1.67. The molecule has 0 N–H and O–H groups in total. The van der Waals surface area contributed by atoms with Crippen molar-refractivity contribution >= 4 is 5.97 Å². The lowest BCUT2D eigenvalue weighted by Gasteiger charge is -2.18. The number of alkyl halides is 1. The third kappa shape index (κ3) is 1.28. The molecule has 0 saturated heterocycles. The van der Waals surface area contributed by atoms with Crippen LogP contribution in [0.2, 0.25) is 0 Å². The Balaban J connectivity index is 2.48. The Morgan fingerprint density at radius 1 is 1.46 bits per heavy atom. The van der Waals surface area contributed by atoms with E-state index in [1.54, 1.807) is 0 Å². The maximum Gasteiger partial charge on any atom is 0.346 e. The van der Waals surface area contributed by atoms with Crippen LogP contribution >= 0.6 is 0 Å². The first-order chi connectivity index (χ1) is 6.18. The Morgan fingerprint density at radius 3 is 3.00 bits per heavy atom. The SMILES string of the molecule is O=C1Oc2c(F)cccc2CC1F. The molecular weight excluding hydrogens is 178 g/mol. The first-order valence-corrected chi connectivity index (χ1v) is 3.81. The van der Waals surface area contributed by atoms with Crippen molar-refractivity contribution in [2.75, 3.05) is 0 Å². The molecule has 1 atom stereocenters. The van der Waals surface area contributed by atoms with Gasteiger partial charge in [0.15, 0.2) is 11.6 Å². The number of para-hydroxylation sites is 1. The summed E-state index contributed by atoms with van der Waals surface area (Å²) in [5, 5.41) is 0. The zero-order valence-corrected chi connectivity index (χ0v) is 6.59. The maximum atomic E-state index is 13.0. The fourth-order valence-corrected chi connectivity index (χ4v) is 1.27. The van der Waals surface area contributed by atoms with Gasteiger partial charge in [0.25, 0.3) is 0 Å². The molecule has 2 nitrogen and oxygen atoms in total. The minimum absolute atomic E-state index is 0.105. The molecule has 0 radical (unpaired) electrons. The van der Waals surface area contributed by atoms with Crippen molar-refractivity contribution in [1.29, 1.82) is 0 Å². The molecule has 1 aromatic rings. The molecule has 1 heterocycles. The molecule has 1 aromatic carbocycles. The summed E-state index contributed by atoms with van der Waals surface area (Å²) in [5.74, 6) is -1.78. The second-order valence-corrected chi connectivity index (χ2v) is 2.82. The lowest BCUT2D eigenvalue weighted by Crippen LogP contribution is -2.29. The molecule has 0 aliphatic carbocycles. The summed E-state index contributed by atoms with van der Waals surface area (Å²) in [6.07, 6.45) is -1.78. The van der Waals surface area contributed by atoms with Crippen molar-refractivity contribution < 1.29 is 18.3 Å². The number of carbonyl (C=O) groups is 1. The Morgan fingerprint density at radius 2 is 2.23 bits per heavy atom. The Hall–Kier alpha value is -1.45. The molecule has 4 heteroatoms. The normalized spacial score (nSPS) is 20.8. The van der Waals surface area contributed by atoms with Gasteiger partial charge in [0.05, 0.1) is 0 Å². The number of ether oxygens (including phenoxy) is 1. The highest BCUT2D eigenvalue weighted by molar-refractivity contribution is 5.80. The molecule has 68 valence electrons. The van der Waals surface area contributed by atoms with E-state index in [0.717, 1.165) is 0 Å². The molecule has 0 saturated carbocycles. The minimum Gasteiger partial charge on any atom is -0.421 e. The zero-order chi connectivity index (χ0) is 9.42. The summed E-state index contributed by atoms with van der Waals surface area (Å²) in [5.41, 5.74) is 0.395. The summed E-state index contributed by atoms with van der Waals surface area (Å²) >= 11 is 0. The third-order valence-electron chi connectivity index (χ3n) is 1.91. The topological polar surface area (TPSA) is 26.3 Å². The third-order valence-corrected chi connectivity index (χ3v) is 1.91. The van der Waals surface area contributed by atoms with Crippen LogP contribution in [0.5, 0.6) is 5.75 Å². The maximum absolute atomic E-state index is 13.0. The van der Waals surface area contributed by atoms with Gasteiger partial charge in [-0.15, -0.1) is 0 Å². The smallest absolute Gasteiger partial charge is 0.346 e. The second-order valence-electron chi connectivity index (χ2n) is 2.82. The van der Waals surface area contributed by atoms with Gasteiger partial charge in [-0.3, -0.25) is 0 Å². The van der Waals surface area contributed by atoms with Crippen LogP contribution in [0.3, 0.4) is 0 Å². The van der Waals surface area contributed by atoms with E-state index >= 15 is 0 Å². The van der Waals surface area contributed by atoms with E-state index in [-0.39, 0.29) is 12.2 Å². The summed E-state index contributed by atoms with van der Waals surface area (Å²) in [4.78, 5) is 10.7. The average molecular weight is 184 g/mol. The number of hydrogen-bond donors (Lipinski definition) is 0. The van der Waals surface area contributed by atoms with Gasteiger partial charge in [-0.05, 0) is 6.07 Å². The molecule has 0 aromatic heterocycles. The van der Waals surface area contributed by atoms with Gasteiger partial charge in [0, 0.05) is 12.0 Å². The molecule has 1 aliphatic rings. The number of rotatable bonds is 0. The lowest BCUT2D eigenvalue weighted by molar-refractivity contribution is -0.141. The summed E-state index contributed by atoms with van der Waals surface area (Å²) < 4.78 is 30.2. The number of carbonyl (C=O) groups excluding carboxylic acids is 1. The monoisotopic (exact) mass is 184 g/mol. The van der Waals surface area contributed by atoms with Crippen molar-refractivity contribution in [3.8, 4) is 5.75 Å². The van der Waals surface area contributed by atoms with Crippen LogP contribution in [0.1, 0.15) is 5.56 Å². The molecule has 2 rings (SSSR count). The molecule has 0 spiro atoms. The summed E-state index contributed by atoms with van der Waals surface area (Å²) in [6, 6.07) is 4.17. The van der Waals surface area contributed by atoms with Crippen LogP contribution < -0.4 is 4.74 Å². The number of esters is 1. The predicted octanol–water partition coefficient (Wildman–Crippen LogP) is 1.63. The van der Waals surface area contributed by atoms with Crippen LogP contribution in [0, 0.1) is 5.82 Å². The number of hydrogen-bond acceptors (Lipinski definition) is 2. The van der Waals surface area contributed by atoms with Crippen molar-refractivity contribution in [1.82, 2.24) is 0 Å².